The number of hydrogen-bond donors (Lipinski definition) is 0. The van der Waals surface area contributed by atoms with E-state index in [0.29, 0.717) is 13.1 Å². The number of methoxy groups -OCH3 is 1. The molecule has 3 rings (SSSR count). The number of carbonyl (C=O) groups excluding carboxylic acids is 1. The number of nitrogens with zero attached hydrogens (tertiary/aromatic N) is 4. The maximum absolute atomic E-state index is 13.4. The summed E-state index contributed by atoms with van der Waals surface area (Å²) in [6.45, 7) is 2.83. The first-order valence-electron chi connectivity index (χ1n) is 8.83. The zero-order valence-electron chi connectivity index (χ0n) is 15.9. The van der Waals surface area contributed by atoms with Gasteiger partial charge in [-0.15, -0.1) is 0 Å². The molecule has 0 aliphatic carbocycles. The Balaban J connectivity index is 1.90. The summed E-state index contributed by atoms with van der Waals surface area (Å²) in [5, 5.41) is 4.39. The molecule has 0 radical (unpaired) electrons. The smallest absolute Gasteiger partial charge is 0.256 e. The Bertz CT molecular complexity index is 878. The molecule has 3 aromatic rings. The molecule has 140 valence electrons. The second-order valence-electron chi connectivity index (χ2n) is 6.48. The van der Waals surface area contributed by atoms with E-state index in [1.165, 1.54) is 0 Å². The van der Waals surface area contributed by atoms with Gasteiger partial charge in [0.2, 0.25) is 0 Å². The maximum Gasteiger partial charge on any atom is 0.256 e. The fourth-order valence-corrected chi connectivity index (χ4v) is 3.10. The molecule has 0 aliphatic rings. The third-order valence-electron chi connectivity index (χ3n) is 4.42. The molecule has 1 atom stereocenters. The van der Waals surface area contributed by atoms with Gasteiger partial charge in [0.1, 0.15) is 0 Å². The minimum Gasteiger partial charge on any atom is -0.367 e. The topological polar surface area (TPSA) is 60.2 Å². The lowest BCUT2D eigenvalue weighted by Crippen LogP contribution is -2.35. The van der Waals surface area contributed by atoms with Gasteiger partial charge in [-0.1, -0.05) is 36.4 Å². The van der Waals surface area contributed by atoms with Crippen molar-refractivity contribution in [2.75, 3.05) is 7.11 Å². The summed E-state index contributed by atoms with van der Waals surface area (Å²) in [5.41, 5.74) is 3.69. The van der Waals surface area contributed by atoms with Crippen molar-refractivity contribution in [3.63, 3.8) is 0 Å². The van der Waals surface area contributed by atoms with Crippen molar-refractivity contribution in [2.45, 2.75) is 26.1 Å². The lowest BCUT2D eigenvalue weighted by molar-refractivity contribution is -0.143. The van der Waals surface area contributed by atoms with Crippen LogP contribution >= 0.6 is 0 Å². The predicted octanol–water partition coefficient (Wildman–Crippen LogP) is 3.04. The van der Waals surface area contributed by atoms with Crippen LogP contribution in [0.1, 0.15) is 28.6 Å². The molecule has 27 heavy (non-hydrogen) atoms. The Morgan fingerprint density at radius 2 is 1.96 bits per heavy atom. The fraction of sp³-hybridized carbons (Fsp3) is 0.286. The van der Waals surface area contributed by atoms with E-state index in [1.807, 2.05) is 67.2 Å². The first kappa shape index (κ1) is 18.8. The zero-order chi connectivity index (χ0) is 19.2. The van der Waals surface area contributed by atoms with E-state index in [-0.39, 0.29) is 5.91 Å². The van der Waals surface area contributed by atoms with Gasteiger partial charge >= 0.3 is 0 Å². The number of aryl methyl sites for hydroxylation is 2. The van der Waals surface area contributed by atoms with Gasteiger partial charge in [-0.3, -0.25) is 14.5 Å². The Hall–Kier alpha value is -2.99. The number of amides is 1. The molecule has 0 N–H and O–H groups in total. The summed E-state index contributed by atoms with van der Waals surface area (Å²) in [6.07, 6.45) is 2.85. The average Bonchev–Trinajstić information content (AvgIpc) is 3.00. The van der Waals surface area contributed by atoms with Crippen LogP contribution in [0.3, 0.4) is 0 Å². The molecule has 2 aromatic heterocycles. The maximum atomic E-state index is 13.4. The van der Waals surface area contributed by atoms with Gasteiger partial charge in [-0.25, -0.2) is 0 Å². The highest BCUT2D eigenvalue weighted by Gasteiger charge is 2.27. The van der Waals surface area contributed by atoms with Crippen LogP contribution in [0, 0.1) is 6.92 Å². The Kier molecular flexibility index (Phi) is 5.98. The number of rotatable bonds is 7. The Morgan fingerprint density at radius 1 is 1.19 bits per heavy atom. The molecule has 6 nitrogen and oxygen atoms in total. The minimum absolute atomic E-state index is 0.0913. The summed E-state index contributed by atoms with van der Waals surface area (Å²) < 4.78 is 7.37. The van der Waals surface area contributed by atoms with Crippen LogP contribution in [-0.2, 0) is 29.7 Å². The molecule has 0 bridgehead atoms. The van der Waals surface area contributed by atoms with Gasteiger partial charge < -0.3 is 9.64 Å². The van der Waals surface area contributed by atoms with Crippen molar-refractivity contribution < 1.29 is 9.53 Å². The van der Waals surface area contributed by atoms with E-state index in [1.54, 1.807) is 24.4 Å². The largest absolute Gasteiger partial charge is 0.367 e. The normalized spacial score (nSPS) is 12.0. The van der Waals surface area contributed by atoms with Crippen LogP contribution in [0.25, 0.3) is 0 Å². The molecule has 0 saturated heterocycles. The molecule has 0 fully saturated rings. The lowest BCUT2D eigenvalue weighted by atomic mass is 10.1. The van der Waals surface area contributed by atoms with E-state index >= 15 is 0 Å². The van der Waals surface area contributed by atoms with Gasteiger partial charge in [0.05, 0.1) is 17.9 Å². The highest BCUT2D eigenvalue weighted by Crippen LogP contribution is 2.22. The van der Waals surface area contributed by atoms with Crippen molar-refractivity contribution in [2.24, 2.45) is 7.05 Å². The molecule has 6 heteroatoms. The van der Waals surface area contributed by atoms with Crippen LogP contribution in [0.2, 0.25) is 0 Å². The molecule has 2 heterocycles. The van der Waals surface area contributed by atoms with Crippen LogP contribution in [0.15, 0.2) is 60.9 Å². The van der Waals surface area contributed by atoms with E-state index < -0.39 is 6.10 Å². The molecule has 0 aliphatic heterocycles. The highest BCUT2D eigenvalue weighted by molar-refractivity contribution is 5.82. The number of aromatic nitrogens is 3. The van der Waals surface area contributed by atoms with Crippen LogP contribution in [-0.4, -0.2) is 32.7 Å². The van der Waals surface area contributed by atoms with Gasteiger partial charge in [-0.2, -0.15) is 5.10 Å². The summed E-state index contributed by atoms with van der Waals surface area (Å²) in [7, 11) is 3.45. The summed E-state index contributed by atoms with van der Waals surface area (Å²) in [6, 6.07) is 15.4. The molecule has 1 aromatic carbocycles. The van der Waals surface area contributed by atoms with E-state index in [4.69, 9.17) is 4.74 Å². The zero-order valence-corrected chi connectivity index (χ0v) is 15.9. The quantitative estimate of drug-likeness (QED) is 0.646. The predicted molar refractivity (Wildman–Crippen MR) is 103 cm³/mol. The van der Waals surface area contributed by atoms with Crippen molar-refractivity contribution in [1.82, 2.24) is 19.7 Å². The third kappa shape index (κ3) is 4.60. The fourth-order valence-electron chi connectivity index (χ4n) is 3.10. The van der Waals surface area contributed by atoms with Crippen molar-refractivity contribution in [1.29, 1.82) is 0 Å². The number of hydrogen-bond acceptors (Lipinski definition) is 4. The number of ether oxygens (including phenoxy) is 1. The van der Waals surface area contributed by atoms with E-state index in [0.717, 1.165) is 22.5 Å². The van der Waals surface area contributed by atoms with Gasteiger partial charge in [0.25, 0.3) is 5.91 Å². The molecule has 0 saturated carbocycles. The summed E-state index contributed by atoms with van der Waals surface area (Å²) in [4.78, 5) is 19.3. The van der Waals surface area contributed by atoms with E-state index in [9.17, 15) is 4.79 Å². The minimum atomic E-state index is -0.655. The highest BCUT2D eigenvalue weighted by atomic mass is 16.5. The SMILES string of the molecule is CO[C@@H](C(=O)N(Cc1cccnc1)Cc1cc(C)nn1C)c1ccccc1. The van der Waals surface area contributed by atoms with Crippen molar-refractivity contribution in [3.05, 3.63) is 83.4 Å². The molecule has 0 spiro atoms. The molecule has 0 unspecified atom stereocenters. The standard InChI is InChI=1S/C21H24N4O2/c1-16-12-19(24(2)23-16)15-25(14-17-8-7-11-22-13-17)21(26)20(27-3)18-9-5-4-6-10-18/h4-13,20H,14-15H2,1-3H3/t20-/m1/s1. The second-order valence-corrected chi connectivity index (χ2v) is 6.48. The summed E-state index contributed by atoms with van der Waals surface area (Å²) in [5.74, 6) is -0.0913. The lowest BCUT2D eigenvalue weighted by Gasteiger charge is -2.27. The first-order chi connectivity index (χ1) is 13.1. The first-order valence-corrected chi connectivity index (χ1v) is 8.83. The molecule has 1 amide bonds. The average molecular weight is 364 g/mol. The second kappa shape index (κ2) is 8.60. The van der Waals surface area contributed by atoms with E-state index in [2.05, 4.69) is 10.1 Å². The molecular weight excluding hydrogens is 340 g/mol. The monoisotopic (exact) mass is 364 g/mol. The van der Waals surface area contributed by atoms with Gasteiger partial charge in [0, 0.05) is 33.1 Å². The van der Waals surface area contributed by atoms with Crippen molar-refractivity contribution >= 4 is 5.91 Å². The Labute approximate surface area is 159 Å². The van der Waals surface area contributed by atoms with Gasteiger partial charge in [-0.05, 0) is 30.2 Å². The third-order valence-corrected chi connectivity index (χ3v) is 4.42. The van der Waals surface area contributed by atoms with Crippen LogP contribution < -0.4 is 0 Å². The molecular formula is C21H24N4O2. The van der Waals surface area contributed by atoms with Crippen LogP contribution in [0.5, 0.6) is 0 Å². The van der Waals surface area contributed by atoms with Gasteiger partial charge in [0.15, 0.2) is 6.10 Å². The Morgan fingerprint density at radius 3 is 2.56 bits per heavy atom. The number of pyridine rings is 1. The van der Waals surface area contributed by atoms with Crippen LogP contribution in [0.4, 0.5) is 0 Å². The summed E-state index contributed by atoms with van der Waals surface area (Å²) >= 11 is 0. The van der Waals surface area contributed by atoms with Crippen molar-refractivity contribution in [3.8, 4) is 0 Å². The number of benzene rings is 1. The number of carbonyl (C=O) groups is 1.